The molecule has 1 atom stereocenters. The monoisotopic (exact) mass is 280 g/mol. The first-order valence-electron chi connectivity index (χ1n) is 6.85. The van der Waals surface area contributed by atoms with Crippen LogP contribution in [-0.2, 0) is 11.3 Å². The van der Waals surface area contributed by atoms with E-state index in [2.05, 4.69) is 5.32 Å². The Morgan fingerprint density at radius 2 is 2.26 bits per heavy atom. The summed E-state index contributed by atoms with van der Waals surface area (Å²) in [6.07, 6.45) is 2.96. The molecule has 1 aliphatic heterocycles. The lowest BCUT2D eigenvalue weighted by Crippen LogP contribution is -2.34. The fraction of sp³-hybridized carbons (Fsp3) is 0.533. The van der Waals surface area contributed by atoms with E-state index in [0.717, 1.165) is 30.1 Å². The Labute approximate surface area is 119 Å². The maximum atomic E-state index is 12.2. The van der Waals surface area contributed by atoms with Crippen molar-refractivity contribution in [2.75, 3.05) is 20.1 Å². The minimum absolute atomic E-state index is 0.202. The van der Waals surface area contributed by atoms with Crippen LogP contribution in [-0.4, -0.2) is 30.9 Å². The largest absolute Gasteiger partial charge is 0.341 e. The van der Waals surface area contributed by atoms with Crippen molar-refractivity contribution in [1.82, 2.24) is 10.2 Å². The van der Waals surface area contributed by atoms with E-state index in [1.165, 1.54) is 6.42 Å². The zero-order valence-electron chi connectivity index (χ0n) is 11.4. The summed E-state index contributed by atoms with van der Waals surface area (Å²) in [6.45, 7) is 2.63. The molecule has 1 aliphatic rings. The number of amides is 1. The molecule has 1 amide bonds. The van der Waals surface area contributed by atoms with Crippen LogP contribution in [0.4, 0.5) is 0 Å². The number of hydrogen-bond acceptors (Lipinski definition) is 2. The van der Waals surface area contributed by atoms with Gasteiger partial charge in [-0.1, -0.05) is 29.8 Å². The number of rotatable bonds is 4. The summed E-state index contributed by atoms with van der Waals surface area (Å²) in [5.74, 6) is 0.684. The number of piperidine rings is 1. The van der Waals surface area contributed by atoms with Crippen LogP contribution in [0.2, 0.25) is 5.02 Å². The average molecular weight is 281 g/mol. The lowest BCUT2D eigenvalue weighted by Gasteiger charge is -2.25. The molecule has 4 heteroatoms. The van der Waals surface area contributed by atoms with Crippen molar-refractivity contribution in [3.05, 3.63) is 34.9 Å². The Kier molecular flexibility index (Phi) is 5.23. The van der Waals surface area contributed by atoms with Crippen molar-refractivity contribution in [1.29, 1.82) is 0 Å². The fourth-order valence-corrected chi connectivity index (χ4v) is 2.67. The molecule has 0 bridgehead atoms. The van der Waals surface area contributed by atoms with Gasteiger partial charge in [-0.15, -0.1) is 0 Å². The number of hydrogen-bond donors (Lipinski definition) is 1. The molecule has 104 valence electrons. The van der Waals surface area contributed by atoms with Crippen LogP contribution < -0.4 is 5.32 Å². The van der Waals surface area contributed by atoms with E-state index in [0.29, 0.717) is 18.9 Å². The Hall–Kier alpha value is -1.06. The first-order chi connectivity index (χ1) is 9.16. The summed E-state index contributed by atoms with van der Waals surface area (Å²) in [7, 11) is 1.85. The summed E-state index contributed by atoms with van der Waals surface area (Å²) in [6, 6.07) is 7.68. The van der Waals surface area contributed by atoms with Crippen molar-refractivity contribution in [3.63, 3.8) is 0 Å². The zero-order valence-corrected chi connectivity index (χ0v) is 12.1. The lowest BCUT2D eigenvalue weighted by atomic mass is 9.95. The van der Waals surface area contributed by atoms with Crippen LogP contribution in [0.15, 0.2) is 24.3 Å². The average Bonchev–Trinajstić information content (AvgIpc) is 2.42. The molecule has 0 aromatic heterocycles. The van der Waals surface area contributed by atoms with Gasteiger partial charge < -0.3 is 10.2 Å². The molecule has 1 fully saturated rings. The normalized spacial score (nSPS) is 19.2. The Bertz CT molecular complexity index is 430. The van der Waals surface area contributed by atoms with Gasteiger partial charge in [0.05, 0.1) is 0 Å². The van der Waals surface area contributed by atoms with Crippen molar-refractivity contribution in [3.8, 4) is 0 Å². The molecule has 0 radical (unpaired) electrons. The predicted octanol–water partition coefficient (Wildman–Crippen LogP) is 2.69. The molecule has 1 unspecified atom stereocenters. The Morgan fingerprint density at radius 3 is 2.95 bits per heavy atom. The highest BCUT2D eigenvalue weighted by molar-refractivity contribution is 6.31. The molecule has 0 saturated carbocycles. The van der Waals surface area contributed by atoms with Crippen LogP contribution in [0.1, 0.15) is 24.8 Å². The van der Waals surface area contributed by atoms with Gasteiger partial charge >= 0.3 is 0 Å². The Balaban J connectivity index is 1.87. The second-order valence-corrected chi connectivity index (χ2v) is 5.66. The molecule has 1 aromatic rings. The van der Waals surface area contributed by atoms with Crippen LogP contribution in [0.5, 0.6) is 0 Å². The maximum absolute atomic E-state index is 12.2. The van der Waals surface area contributed by atoms with E-state index < -0.39 is 0 Å². The third kappa shape index (κ3) is 4.22. The molecule has 0 spiro atoms. The molecular formula is C15H21ClN2O. The summed E-state index contributed by atoms with van der Waals surface area (Å²) in [4.78, 5) is 14.0. The van der Waals surface area contributed by atoms with Gasteiger partial charge in [0.25, 0.3) is 0 Å². The number of carbonyl (C=O) groups excluding carboxylic acids is 1. The topological polar surface area (TPSA) is 32.3 Å². The van der Waals surface area contributed by atoms with Crippen molar-refractivity contribution < 1.29 is 4.79 Å². The molecule has 1 heterocycles. The molecule has 1 N–H and O–H groups in total. The van der Waals surface area contributed by atoms with E-state index in [-0.39, 0.29) is 5.91 Å². The van der Waals surface area contributed by atoms with Gasteiger partial charge in [-0.2, -0.15) is 0 Å². The smallest absolute Gasteiger partial charge is 0.222 e. The van der Waals surface area contributed by atoms with E-state index in [9.17, 15) is 4.79 Å². The van der Waals surface area contributed by atoms with Gasteiger partial charge in [0.1, 0.15) is 0 Å². The Morgan fingerprint density at radius 1 is 1.47 bits per heavy atom. The molecule has 1 saturated heterocycles. The fourth-order valence-electron chi connectivity index (χ4n) is 2.47. The van der Waals surface area contributed by atoms with Crippen LogP contribution in [0.3, 0.4) is 0 Å². The van der Waals surface area contributed by atoms with Crippen LogP contribution in [0.25, 0.3) is 0 Å². The van der Waals surface area contributed by atoms with Crippen molar-refractivity contribution >= 4 is 17.5 Å². The highest BCUT2D eigenvalue weighted by Crippen LogP contribution is 2.19. The van der Waals surface area contributed by atoms with Gasteiger partial charge in [0, 0.05) is 25.0 Å². The third-order valence-electron chi connectivity index (χ3n) is 3.65. The third-order valence-corrected chi connectivity index (χ3v) is 4.02. The summed E-state index contributed by atoms with van der Waals surface area (Å²) in [5, 5.41) is 4.07. The number of halogens is 1. The van der Waals surface area contributed by atoms with E-state index in [1.54, 1.807) is 4.90 Å². The van der Waals surface area contributed by atoms with Gasteiger partial charge in [-0.25, -0.2) is 0 Å². The summed E-state index contributed by atoms with van der Waals surface area (Å²) >= 11 is 6.12. The van der Waals surface area contributed by atoms with E-state index in [4.69, 9.17) is 11.6 Å². The minimum atomic E-state index is 0.202. The SMILES string of the molecule is CN(Cc1ccccc1Cl)C(=O)CC1CCCNC1. The van der Waals surface area contributed by atoms with Gasteiger partial charge in [-0.3, -0.25) is 4.79 Å². The first-order valence-corrected chi connectivity index (χ1v) is 7.22. The van der Waals surface area contributed by atoms with Gasteiger partial charge in [0.15, 0.2) is 0 Å². The second-order valence-electron chi connectivity index (χ2n) is 5.26. The molecular weight excluding hydrogens is 260 g/mol. The highest BCUT2D eigenvalue weighted by atomic mass is 35.5. The summed E-state index contributed by atoms with van der Waals surface area (Å²) in [5.41, 5.74) is 1.00. The predicted molar refractivity (Wildman–Crippen MR) is 78.1 cm³/mol. The van der Waals surface area contributed by atoms with Crippen molar-refractivity contribution in [2.24, 2.45) is 5.92 Å². The maximum Gasteiger partial charge on any atom is 0.222 e. The molecule has 2 rings (SSSR count). The number of nitrogens with zero attached hydrogens (tertiary/aromatic N) is 1. The van der Waals surface area contributed by atoms with Crippen molar-refractivity contribution in [2.45, 2.75) is 25.8 Å². The first kappa shape index (κ1) is 14.4. The number of carbonyl (C=O) groups is 1. The molecule has 0 aliphatic carbocycles. The van der Waals surface area contributed by atoms with Crippen LogP contribution in [0, 0.1) is 5.92 Å². The number of benzene rings is 1. The van der Waals surface area contributed by atoms with Gasteiger partial charge in [0.2, 0.25) is 5.91 Å². The van der Waals surface area contributed by atoms with Gasteiger partial charge in [-0.05, 0) is 43.5 Å². The number of nitrogens with one attached hydrogen (secondary N) is 1. The molecule has 3 nitrogen and oxygen atoms in total. The van der Waals surface area contributed by atoms with E-state index >= 15 is 0 Å². The van der Waals surface area contributed by atoms with E-state index in [1.807, 2.05) is 31.3 Å². The second kappa shape index (κ2) is 6.92. The quantitative estimate of drug-likeness (QED) is 0.920. The highest BCUT2D eigenvalue weighted by Gasteiger charge is 2.19. The minimum Gasteiger partial charge on any atom is -0.341 e. The zero-order chi connectivity index (χ0) is 13.7. The summed E-state index contributed by atoms with van der Waals surface area (Å²) < 4.78 is 0. The lowest BCUT2D eigenvalue weighted by molar-refractivity contribution is -0.131. The molecule has 19 heavy (non-hydrogen) atoms. The standard InChI is InChI=1S/C15H21ClN2O/c1-18(11-13-6-2-3-7-14(13)16)15(19)9-12-5-4-8-17-10-12/h2-3,6-7,12,17H,4-5,8-11H2,1H3. The molecule has 1 aromatic carbocycles. The van der Waals surface area contributed by atoms with Crippen LogP contribution >= 0.6 is 11.6 Å².